The summed E-state index contributed by atoms with van der Waals surface area (Å²) in [5.41, 5.74) is 1.51. The van der Waals surface area contributed by atoms with E-state index in [-0.39, 0.29) is 22.9 Å². The zero-order chi connectivity index (χ0) is 28.7. The molecule has 1 N–H and O–H groups in total. The largest absolute Gasteiger partial charge is 0.497 e. The van der Waals surface area contributed by atoms with Gasteiger partial charge in [0.15, 0.2) is 0 Å². The van der Waals surface area contributed by atoms with Gasteiger partial charge in [0.1, 0.15) is 29.9 Å². The molecule has 3 rings (SSSR count). The summed E-state index contributed by atoms with van der Waals surface area (Å²) in [6, 6.07) is 15.4. The van der Waals surface area contributed by atoms with Crippen LogP contribution in [0.25, 0.3) is 0 Å². The molecule has 2 amide bonds. The molecule has 0 saturated carbocycles. The Hall–Kier alpha value is -4.12. The van der Waals surface area contributed by atoms with Gasteiger partial charge in [0.2, 0.25) is 11.8 Å². The van der Waals surface area contributed by atoms with Crippen LogP contribution < -0.4 is 19.1 Å². The lowest BCUT2D eigenvalue weighted by molar-refractivity contribution is -0.139. The van der Waals surface area contributed by atoms with Gasteiger partial charge in [-0.05, 0) is 55.8 Å². The number of nitrogens with one attached hydrogen (secondary N) is 1. The third kappa shape index (κ3) is 6.85. The van der Waals surface area contributed by atoms with Crippen molar-refractivity contribution in [3.05, 3.63) is 83.7 Å². The van der Waals surface area contributed by atoms with Crippen molar-refractivity contribution < 1.29 is 31.9 Å². The average molecular weight is 558 g/mol. The smallest absolute Gasteiger partial charge is 0.264 e. The van der Waals surface area contributed by atoms with E-state index in [0.717, 1.165) is 9.87 Å². The first kappa shape index (κ1) is 29.4. The van der Waals surface area contributed by atoms with Crippen molar-refractivity contribution in [3.63, 3.8) is 0 Å². The van der Waals surface area contributed by atoms with Crippen LogP contribution in [0, 0.1) is 12.7 Å². The number of halogens is 1. The number of ether oxygens (including phenoxy) is 2. The monoisotopic (exact) mass is 557 g/mol. The van der Waals surface area contributed by atoms with Gasteiger partial charge < -0.3 is 19.7 Å². The van der Waals surface area contributed by atoms with Crippen LogP contribution in [0.5, 0.6) is 11.5 Å². The van der Waals surface area contributed by atoms with Crippen LogP contribution in [0.4, 0.5) is 10.1 Å². The maximum absolute atomic E-state index is 14.0. The molecule has 0 saturated heterocycles. The first-order chi connectivity index (χ1) is 18.5. The van der Waals surface area contributed by atoms with E-state index in [1.165, 1.54) is 75.6 Å². The topological polar surface area (TPSA) is 105 Å². The Labute approximate surface area is 228 Å². The minimum absolute atomic E-state index is 0.0322. The lowest BCUT2D eigenvalue weighted by Crippen LogP contribution is -2.50. The lowest BCUT2D eigenvalue weighted by Gasteiger charge is -2.32. The highest BCUT2D eigenvalue weighted by Crippen LogP contribution is 2.36. The Morgan fingerprint density at radius 1 is 0.974 bits per heavy atom. The molecule has 39 heavy (non-hydrogen) atoms. The number of amides is 2. The molecule has 0 fully saturated rings. The molecule has 208 valence electrons. The van der Waals surface area contributed by atoms with Gasteiger partial charge in [-0.2, -0.15) is 0 Å². The molecule has 11 heteroatoms. The number of hydrogen-bond donors (Lipinski definition) is 1. The van der Waals surface area contributed by atoms with Crippen molar-refractivity contribution in [2.45, 2.75) is 31.3 Å². The quantitative estimate of drug-likeness (QED) is 0.387. The van der Waals surface area contributed by atoms with E-state index in [2.05, 4.69) is 5.32 Å². The fourth-order valence-corrected chi connectivity index (χ4v) is 5.34. The molecule has 0 aliphatic rings. The Morgan fingerprint density at radius 3 is 2.18 bits per heavy atom. The number of hydrogen-bond acceptors (Lipinski definition) is 6. The van der Waals surface area contributed by atoms with Gasteiger partial charge in [-0.3, -0.25) is 13.9 Å². The predicted molar refractivity (Wildman–Crippen MR) is 146 cm³/mol. The summed E-state index contributed by atoms with van der Waals surface area (Å²) < 4.78 is 53.1. The molecular weight excluding hydrogens is 525 g/mol. The van der Waals surface area contributed by atoms with Gasteiger partial charge in [-0.1, -0.05) is 29.8 Å². The number of sulfonamides is 1. The first-order valence-electron chi connectivity index (χ1n) is 12.1. The fourth-order valence-electron chi connectivity index (χ4n) is 3.92. The number of aryl methyl sites for hydroxylation is 1. The molecule has 3 aromatic rings. The Bertz CT molecular complexity index is 1410. The number of nitrogens with zero attached hydrogens (tertiary/aromatic N) is 2. The van der Waals surface area contributed by atoms with E-state index in [1.54, 1.807) is 24.3 Å². The fraction of sp³-hybridized carbons (Fsp3) is 0.286. The van der Waals surface area contributed by atoms with E-state index in [9.17, 15) is 22.4 Å². The molecule has 0 aromatic heterocycles. The van der Waals surface area contributed by atoms with Gasteiger partial charge in [-0.15, -0.1) is 0 Å². The van der Waals surface area contributed by atoms with Crippen LogP contribution in [0.3, 0.4) is 0 Å². The van der Waals surface area contributed by atoms with Crippen LogP contribution in [-0.4, -0.2) is 59.0 Å². The van der Waals surface area contributed by atoms with Crippen molar-refractivity contribution in [2.24, 2.45) is 0 Å². The molecule has 0 radical (unpaired) electrons. The molecule has 0 aliphatic heterocycles. The summed E-state index contributed by atoms with van der Waals surface area (Å²) in [4.78, 5) is 27.6. The Kier molecular flexibility index (Phi) is 9.52. The zero-order valence-electron chi connectivity index (χ0n) is 22.5. The van der Waals surface area contributed by atoms with E-state index in [4.69, 9.17) is 9.47 Å². The van der Waals surface area contributed by atoms with Crippen LogP contribution in [0.1, 0.15) is 18.1 Å². The third-order valence-electron chi connectivity index (χ3n) is 6.22. The second-order valence-electron chi connectivity index (χ2n) is 8.80. The summed E-state index contributed by atoms with van der Waals surface area (Å²) >= 11 is 0. The first-order valence-corrected chi connectivity index (χ1v) is 13.5. The second kappa shape index (κ2) is 12.6. The van der Waals surface area contributed by atoms with Crippen LogP contribution >= 0.6 is 0 Å². The maximum atomic E-state index is 14.0. The summed E-state index contributed by atoms with van der Waals surface area (Å²) in [6.45, 7) is 2.66. The number of carbonyl (C=O) groups excluding carboxylic acids is 2. The lowest BCUT2D eigenvalue weighted by atomic mass is 10.1. The minimum Gasteiger partial charge on any atom is -0.497 e. The maximum Gasteiger partial charge on any atom is 0.264 e. The summed E-state index contributed by atoms with van der Waals surface area (Å²) in [7, 11) is -0.0250. The highest BCUT2D eigenvalue weighted by atomic mass is 32.2. The molecule has 0 aliphatic carbocycles. The second-order valence-corrected chi connectivity index (χ2v) is 10.7. The van der Waals surface area contributed by atoms with Gasteiger partial charge in [-0.25, -0.2) is 12.8 Å². The van der Waals surface area contributed by atoms with Gasteiger partial charge >= 0.3 is 0 Å². The Balaban J connectivity index is 2.12. The molecular formula is C28H32FN3O6S. The van der Waals surface area contributed by atoms with Crippen LogP contribution in [0.15, 0.2) is 71.6 Å². The number of anilines is 1. The normalized spacial score (nSPS) is 11.8. The SMILES string of the molecule is CNC(=O)[C@@H](C)N(Cc1ccc(F)cc1)C(=O)CN(c1cc(OC)ccc1OC)S(=O)(=O)c1ccc(C)cc1. The number of likely N-dealkylation sites (N-methyl/N-ethyl adjacent to an activating group) is 1. The Morgan fingerprint density at radius 2 is 1.62 bits per heavy atom. The number of methoxy groups -OCH3 is 2. The molecule has 1 atom stereocenters. The number of benzene rings is 3. The number of rotatable bonds is 11. The molecule has 3 aromatic carbocycles. The summed E-state index contributed by atoms with van der Waals surface area (Å²) in [6.07, 6.45) is 0. The van der Waals surface area contributed by atoms with E-state index in [1.807, 2.05) is 6.92 Å². The molecule has 0 spiro atoms. The zero-order valence-corrected chi connectivity index (χ0v) is 23.3. The minimum atomic E-state index is -4.29. The average Bonchev–Trinajstić information content (AvgIpc) is 2.94. The molecule has 9 nitrogen and oxygen atoms in total. The van der Waals surface area contributed by atoms with Crippen molar-refractivity contribution in [1.29, 1.82) is 0 Å². The highest BCUT2D eigenvalue weighted by Gasteiger charge is 2.34. The summed E-state index contributed by atoms with van der Waals surface area (Å²) in [5, 5.41) is 2.51. The molecule has 0 bridgehead atoms. The van der Waals surface area contributed by atoms with Gasteiger partial charge in [0.05, 0.1) is 24.8 Å². The summed E-state index contributed by atoms with van der Waals surface area (Å²) in [5.74, 6) is -1.00. The predicted octanol–water partition coefficient (Wildman–Crippen LogP) is 3.51. The van der Waals surface area contributed by atoms with E-state index in [0.29, 0.717) is 11.3 Å². The van der Waals surface area contributed by atoms with Crippen molar-refractivity contribution in [1.82, 2.24) is 10.2 Å². The van der Waals surface area contributed by atoms with Crippen LogP contribution in [0.2, 0.25) is 0 Å². The van der Waals surface area contributed by atoms with Crippen molar-refractivity contribution in [3.8, 4) is 11.5 Å². The van der Waals surface area contributed by atoms with Crippen molar-refractivity contribution >= 4 is 27.5 Å². The standard InChI is InChI=1S/C28H32FN3O6S/c1-19-6-13-24(14-7-19)39(35,36)32(25-16-23(37-4)12-15-26(25)38-5)18-27(33)31(20(2)28(34)30-3)17-21-8-10-22(29)11-9-21/h6-16,20H,17-18H2,1-5H3,(H,30,34)/t20-/m1/s1. The number of carbonyl (C=O) groups is 2. The van der Waals surface area contributed by atoms with Gasteiger partial charge in [0, 0.05) is 19.7 Å². The highest BCUT2D eigenvalue weighted by molar-refractivity contribution is 7.92. The van der Waals surface area contributed by atoms with E-state index < -0.39 is 40.2 Å². The van der Waals surface area contributed by atoms with E-state index >= 15 is 0 Å². The van der Waals surface area contributed by atoms with Crippen molar-refractivity contribution in [2.75, 3.05) is 32.1 Å². The molecule has 0 heterocycles. The van der Waals surface area contributed by atoms with Gasteiger partial charge in [0.25, 0.3) is 10.0 Å². The third-order valence-corrected chi connectivity index (χ3v) is 8.00. The molecule has 0 unspecified atom stereocenters. The van der Waals surface area contributed by atoms with Crippen LogP contribution in [-0.2, 0) is 26.2 Å².